The maximum atomic E-state index is 11.3. The van der Waals surface area contributed by atoms with Crippen LogP contribution in [0.2, 0.25) is 0 Å². The molecule has 2 unspecified atom stereocenters. The Morgan fingerprint density at radius 3 is 2.71 bits per heavy atom. The van der Waals surface area contributed by atoms with Gasteiger partial charge in [0.15, 0.2) is 0 Å². The molecule has 2 aliphatic heterocycles. The van der Waals surface area contributed by atoms with E-state index in [4.69, 9.17) is 10.5 Å². The molecule has 2 spiro atoms. The number of aromatic nitrogens is 1. The maximum absolute atomic E-state index is 11.3. The molecule has 7 heteroatoms. The van der Waals surface area contributed by atoms with Crippen LogP contribution in [0.25, 0.3) is 16.3 Å². The number of allylic oxidation sites excluding steroid dienone is 2. The Morgan fingerprint density at radius 2 is 1.95 bits per heavy atom. The van der Waals surface area contributed by atoms with Gasteiger partial charge in [-0.25, -0.2) is 4.98 Å². The predicted molar refractivity (Wildman–Crippen MR) is 146 cm³/mol. The summed E-state index contributed by atoms with van der Waals surface area (Å²) in [6.07, 6.45) is 8.85. The number of rotatable bonds is 2. The standard InChI is InChI=1S/C31H36N4O3/c1-28-8-9-29(17-32)14-22-26(36)27(37)23(35(2)3)15-30(22)10-11-31(29,38-30)24(28)7-6-21(28)18-4-5-19-16-34-25(33)13-20(19)12-18/h4-6,12-14,16,23-24,26-27,36-37H,7-11,15H2,1-3H3,(H2,33,34)/t23-,24?,26+,27+,28+,29?,30+,31-/m0/s1. The highest BCUT2D eigenvalue weighted by Crippen LogP contribution is 2.72. The van der Waals surface area contributed by atoms with E-state index in [2.05, 4.69) is 42.3 Å². The van der Waals surface area contributed by atoms with E-state index in [1.807, 2.05) is 37.3 Å². The molecule has 1 aromatic heterocycles. The molecule has 38 heavy (non-hydrogen) atoms. The van der Waals surface area contributed by atoms with Gasteiger partial charge in [0.25, 0.3) is 0 Å². The van der Waals surface area contributed by atoms with Crippen molar-refractivity contribution >= 4 is 22.2 Å². The molecule has 1 saturated heterocycles. The number of anilines is 1. The summed E-state index contributed by atoms with van der Waals surface area (Å²) in [4.78, 5) is 6.22. The average molecular weight is 513 g/mol. The number of hydrogen-bond acceptors (Lipinski definition) is 7. The summed E-state index contributed by atoms with van der Waals surface area (Å²) < 4.78 is 7.28. The van der Waals surface area contributed by atoms with Gasteiger partial charge in [-0.1, -0.05) is 31.2 Å². The quantitative estimate of drug-likeness (QED) is 0.524. The first-order chi connectivity index (χ1) is 18.1. The van der Waals surface area contributed by atoms with Crippen LogP contribution in [-0.4, -0.2) is 63.6 Å². The Morgan fingerprint density at radius 1 is 1.13 bits per heavy atom. The van der Waals surface area contributed by atoms with Gasteiger partial charge in [-0.15, -0.1) is 0 Å². The normalized spacial score (nSPS) is 43.2. The highest BCUT2D eigenvalue weighted by atomic mass is 16.5. The average Bonchev–Trinajstić information content (AvgIpc) is 3.42. The lowest BCUT2D eigenvalue weighted by molar-refractivity contribution is -0.223. The number of aliphatic hydroxyl groups is 2. The van der Waals surface area contributed by atoms with Crippen LogP contribution in [-0.2, 0) is 4.74 Å². The van der Waals surface area contributed by atoms with Crippen LogP contribution >= 0.6 is 0 Å². The van der Waals surface area contributed by atoms with Crippen molar-refractivity contribution in [1.29, 1.82) is 5.26 Å². The molecule has 0 radical (unpaired) electrons. The number of nitrogens with zero attached hydrogens (tertiary/aromatic N) is 3. The van der Waals surface area contributed by atoms with Gasteiger partial charge in [0.2, 0.25) is 0 Å². The zero-order valence-electron chi connectivity index (χ0n) is 22.3. The van der Waals surface area contributed by atoms with Crippen molar-refractivity contribution in [3.8, 4) is 6.07 Å². The first-order valence-electron chi connectivity index (χ1n) is 13.8. The number of aliphatic hydroxyl groups excluding tert-OH is 2. The third kappa shape index (κ3) is 2.84. The van der Waals surface area contributed by atoms with Gasteiger partial charge in [-0.05, 0) is 92.3 Å². The van der Waals surface area contributed by atoms with Crippen molar-refractivity contribution in [2.24, 2.45) is 16.7 Å². The van der Waals surface area contributed by atoms with Crippen molar-refractivity contribution in [2.45, 2.75) is 74.9 Å². The van der Waals surface area contributed by atoms with E-state index in [-0.39, 0.29) is 17.4 Å². The fraction of sp³-hybridized carbons (Fsp3) is 0.548. The number of nitriles is 1. The van der Waals surface area contributed by atoms with E-state index in [0.717, 1.165) is 42.0 Å². The SMILES string of the molecule is CN(C)[C@H]1C[C@@]23CC[C@]4(O2)C2CC=C(c5ccc6cnc(N)cc6c5)[C@@]2(C)CCC4(C#N)C=C3[C@@H](O)[C@@H]1O. The van der Waals surface area contributed by atoms with Crippen LogP contribution in [0.1, 0.15) is 51.0 Å². The molecule has 3 heterocycles. The number of pyridine rings is 1. The van der Waals surface area contributed by atoms with E-state index < -0.39 is 28.8 Å². The van der Waals surface area contributed by atoms with E-state index in [1.54, 1.807) is 0 Å². The maximum Gasteiger partial charge on any atom is 0.123 e. The highest BCUT2D eigenvalue weighted by Gasteiger charge is 2.74. The van der Waals surface area contributed by atoms with Crippen LogP contribution < -0.4 is 5.73 Å². The molecular formula is C31H36N4O3. The number of fused-ring (bicyclic) bond motifs is 2. The number of hydrogen-bond donors (Lipinski definition) is 3. The van der Waals surface area contributed by atoms with Crippen molar-refractivity contribution < 1.29 is 14.9 Å². The molecule has 5 aliphatic rings. The van der Waals surface area contributed by atoms with Crippen LogP contribution in [0.3, 0.4) is 0 Å². The van der Waals surface area contributed by atoms with Crippen molar-refractivity contribution in [1.82, 2.24) is 9.88 Å². The Labute approximate surface area is 223 Å². The minimum absolute atomic E-state index is 0.142. The zero-order chi connectivity index (χ0) is 26.7. The smallest absolute Gasteiger partial charge is 0.123 e. The molecule has 8 atom stereocenters. The number of nitrogen functional groups attached to an aromatic ring is 1. The Hall–Kier alpha value is -2.76. The van der Waals surface area contributed by atoms with E-state index in [1.165, 1.54) is 11.1 Å². The van der Waals surface area contributed by atoms with Gasteiger partial charge in [-0.3, -0.25) is 0 Å². The monoisotopic (exact) mass is 512 g/mol. The predicted octanol–water partition coefficient (Wildman–Crippen LogP) is 3.81. The molecule has 198 valence electrons. The lowest BCUT2D eigenvalue weighted by atomic mass is 9.49. The summed E-state index contributed by atoms with van der Waals surface area (Å²) in [7, 11) is 3.88. The summed E-state index contributed by atoms with van der Waals surface area (Å²) >= 11 is 0. The summed E-state index contributed by atoms with van der Waals surface area (Å²) in [6, 6.07) is 10.9. The van der Waals surface area contributed by atoms with Gasteiger partial charge >= 0.3 is 0 Å². The third-order valence-electron chi connectivity index (χ3n) is 11.0. The van der Waals surface area contributed by atoms with Crippen LogP contribution in [0.15, 0.2) is 48.2 Å². The molecule has 3 aliphatic carbocycles. The highest BCUT2D eigenvalue weighted by molar-refractivity contribution is 5.88. The molecule has 7 nitrogen and oxygen atoms in total. The second-order valence-corrected chi connectivity index (χ2v) is 12.8. The molecule has 1 aromatic carbocycles. The number of benzene rings is 1. The number of nitrogens with two attached hydrogens (primary N) is 1. The minimum atomic E-state index is -1.03. The zero-order valence-corrected chi connectivity index (χ0v) is 22.3. The number of ether oxygens (including phenoxy) is 1. The fourth-order valence-corrected chi connectivity index (χ4v) is 9.02. The molecule has 7 rings (SSSR count). The van der Waals surface area contributed by atoms with E-state index in [0.29, 0.717) is 18.7 Å². The fourth-order valence-electron chi connectivity index (χ4n) is 9.02. The van der Waals surface area contributed by atoms with Gasteiger partial charge in [0.1, 0.15) is 17.3 Å². The molecule has 2 aromatic rings. The van der Waals surface area contributed by atoms with E-state index >= 15 is 0 Å². The minimum Gasteiger partial charge on any atom is -0.388 e. The summed E-state index contributed by atoms with van der Waals surface area (Å²) in [5.74, 6) is 0.662. The Bertz CT molecular complexity index is 1460. The molecule has 2 bridgehead atoms. The largest absolute Gasteiger partial charge is 0.388 e. The van der Waals surface area contributed by atoms with Crippen LogP contribution in [0.4, 0.5) is 5.82 Å². The summed E-state index contributed by atoms with van der Waals surface area (Å²) in [5.41, 5.74) is 7.02. The Kier molecular flexibility index (Phi) is 4.90. The van der Waals surface area contributed by atoms with Crippen LogP contribution in [0, 0.1) is 28.1 Å². The van der Waals surface area contributed by atoms with Crippen molar-refractivity contribution in [2.75, 3.05) is 19.8 Å². The lowest BCUT2D eigenvalue weighted by Gasteiger charge is -2.61. The van der Waals surface area contributed by atoms with Crippen LogP contribution in [0.5, 0.6) is 0 Å². The first-order valence-corrected chi connectivity index (χ1v) is 13.8. The molecule has 4 N–H and O–H groups in total. The summed E-state index contributed by atoms with van der Waals surface area (Å²) in [5, 5.41) is 35.1. The third-order valence-corrected chi connectivity index (χ3v) is 11.0. The number of likely N-dealkylation sites (N-methyl/N-ethyl adjacent to an activating group) is 1. The Balaban J connectivity index is 1.32. The van der Waals surface area contributed by atoms with E-state index in [9.17, 15) is 15.5 Å². The van der Waals surface area contributed by atoms with Gasteiger partial charge in [0.05, 0.1) is 23.4 Å². The summed E-state index contributed by atoms with van der Waals surface area (Å²) in [6.45, 7) is 2.35. The molecule has 3 fully saturated rings. The molecule has 0 amide bonds. The molecule has 2 saturated carbocycles. The topological polar surface area (TPSA) is 116 Å². The first kappa shape index (κ1) is 24.3. The van der Waals surface area contributed by atoms with Crippen molar-refractivity contribution in [3.05, 3.63) is 53.8 Å². The van der Waals surface area contributed by atoms with Gasteiger partial charge < -0.3 is 25.6 Å². The van der Waals surface area contributed by atoms with Crippen molar-refractivity contribution in [3.63, 3.8) is 0 Å². The molecular weight excluding hydrogens is 476 g/mol. The van der Waals surface area contributed by atoms with Gasteiger partial charge in [0, 0.05) is 23.5 Å². The van der Waals surface area contributed by atoms with Gasteiger partial charge in [-0.2, -0.15) is 5.26 Å². The lowest BCUT2D eigenvalue weighted by Crippen LogP contribution is -2.66. The second-order valence-electron chi connectivity index (χ2n) is 12.8. The second kappa shape index (κ2) is 7.67.